The molecule has 0 saturated carbocycles. The third-order valence-corrected chi connectivity index (χ3v) is 1.55. The van der Waals surface area contributed by atoms with Crippen LogP contribution in [0.2, 0.25) is 0 Å². The fourth-order valence-electron chi connectivity index (χ4n) is 1.01. The van der Waals surface area contributed by atoms with Crippen LogP contribution in [0.1, 0.15) is 11.5 Å². The van der Waals surface area contributed by atoms with Gasteiger partial charge in [-0.15, -0.1) is 6.58 Å². The lowest BCUT2D eigenvalue weighted by Crippen LogP contribution is -2.03. The first kappa shape index (κ1) is 10.0. The maximum Gasteiger partial charge on any atom is 0.129 e. The van der Waals surface area contributed by atoms with Crippen molar-refractivity contribution in [1.29, 1.82) is 0 Å². The highest BCUT2D eigenvalue weighted by Gasteiger charge is 1.99. The normalized spacial score (nSPS) is 10.2. The van der Waals surface area contributed by atoms with Crippen LogP contribution < -0.4 is 5.32 Å². The molecule has 0 bridgehead atoms. The van der Waals surface area contributed by atoms with Gasteiger partial charge >= 0.3 is 0 Å². The molecular weight excluding hydrogens is 166 g/mol. The van der Waals surface area contributed by atoms with Crippen molar-refractivity contribution >= 4 is 0 Å². The molecule has 1 rings (SSSR count). The lowest BCUT2D eigenvalue weighted by Gasteiger charge is -1.97. The maximum absolute atomic E-state index is 5.45. The highest BCUT2D eigenvalue weighted by atomic mass is 16.5. The van der Waals surface area contributed by atoms with E-state index >= 15 is 0 Å². The molecule has 0 aliphatic heterocycles. The van der Waals surface area contributed by atoms with Crippen molar-refractivity contribution in [3.8, 4) is 0 Å². The highest BCUT2D eigenvalue weighted by molar-refractivity contribution is 5.06. The van der Waals surface area contributed by atoms with E-state index in [0.717, 1.165) is 18.1 Å². The van der Waals surface area contributed by atoms with Gasteiger partial charge in [0.15, 0.2) is 0 Å². The zero-order valence-electron chi connectivity index (χ0n) is 7.88. The van der Waals surface area contributed by atoms with E-state index in [9.17, 15) is 0 Å². The number of rotatable bonds is 6. The molecule has 0 unspecified atom stereocenters. The van der Waals surface area contributed by atoms with E-state index in [1.54, 1.807) is 6.08 Å². The fraction of sp³-hybridized carbons (Fsp3) is 0.400. The molecule has 1 heterocycles. The first-order valence-electron chi connectivity index (χ1n) is 4.27. The predicted molar refractivity (Wildman–Crippen MR) is 51.3 cm³/mol. The van der Waals surface area contributed by atoms with Gasteiger partial charge in [-0.25, -0.2) is 0 Å². The van der Waals surface area contributed by atoms with Crippen LogP contribution in [-0.2, 0) is 17.9 Å². The molecule has 1 aromatic heterocycles. The molecule has 0 spiro atoms. The van der Waals surface area contributed by atoms with Crippen LogP contribution in [-0.4, -0.2) is 13.7 Å². The van der Waals surface area contributed by atoms with Crippen molar-refractivity contribution in [2.75, 3.05) is 13.7 Å². The average molecular weight is 181 g/mol. The Bertz CT molecular complexity index is 255. The van der Waals surface area contributed by atoms with Crippen LogP contribution in [0.25, 0.3) is 0 Å². The van der Waals surface area contributed by atoms with Crippen LogP contribution in [0.5, 0.6) is 0 Å². The topological polar surface area (TPSA) is 34.4 Å². The molecule has 0 atom stereocenters. The minimum absolute atomic E-state index is 0.510. The van der Waals surface area contributed by atoms with Gasteiger partial charge in [0, 0.05) is 0 Å². The number of hydrogen-bond donors (Lipinski definition) is 1. The lowest BCUT2D eigenvalue weighted by atomic mass is 10.4. The van der Waals surface area contributed by atoms with Crippen molar-refractivity contribution in [3.63, 3.8) is 0 Å². The molecule has 1 N–H and O–H groups in total. The zero-order chi connectivity index (χ0) is 9.52. The van der Waals surface area contributed by atoms with Gasteiger partial charge in [0.05, 0.1) is 13.2 Å². The van der Waals surface area contributed by atoms with Gasteiger partial charge in [0.25, 0.3) is 0 Å². The summed E-state index contributed by atoms with van der Waals surface area (Å²) < 4.78 is 10.7. The molecule has 0 radical (unpaired) electrons. The van der Waals surface area contributed by atoms with Gasteiger partial charge < -0.3 is 14.5 Å². The van der Waals surface area contributed by atoms with Gasteiger partial charge in [0.2, 0.25) is 0 Å². The van der Waals surface area contributed by atoms with E-state index in [1.165, 1.54) is 0 Å². The molecule has 13 heavy (non-hydrogen) atoms. The van der Waals surface area contributed by atoms with Crippen molar-refractivity contribution in [1.82, 2.24) is 5.32 Å². The SMILES string of the molecule is C=CCOCc1ccc(CNC)o1. The third kappa shape index (κ3) is 3.44. The van der Waals surface area contributed by atoms with E-state index in [0.29, 0.717) is 13.2 Å². The van der Waals surface area contributed by atoms with E-state index in [4.69, 9.17) is 9.15 Å². The second-order valence-corrected chi connectivity index (χ2v) is 2.70. The summed E-state index contributed by atoms with van der Waals surface area (Å²) in [6.07, 6.45) is 1.72. The lowest BCUT2D eigenvalue weighted by molar-refractivity contribution is 0.130. The van der Waals surface area contributed by atoms with Gasteiger partial charge in [-0.2, -0.15) is 0 Å². The van der Waals surface area contributed by atoms with Gasteiger partial charge in [0.1, 0.15) is 18.1 Å². The average Bonchev–Trinajstić information content (AvgIpc) is 2.54. The molecular formula is C10H15NO2. The maximum atomic E-state index is 5.45. The summed E-state index contributed by atoms with van der Waals surface area (Å²) in [7, 11) is 1.89. The second kappa shape index (κ2) is 5.56. The Morgan fingerprint density at radius 1 is 1.54 bits per heavy atom. The molecule has 0 amide bonds. The third-order valence-electron chi connectivity index (χ3n) is 1.55. The molecule has 0 aliphatic carbocycles. The van der Waals surface area contributed by atoms with E-state index < -0.39 is 0 Å². The Hall–Kier alpha value is -1.06. The minimum atomic E-state index is 0.510. The standard InChI is InChI=1S/C10H15NO2/c1-3-6-12-8-10-5-4-9(13-10)7-11-2/h3-5,11H,1,6-8H2,2H3. The molecule has 0 fully saturated rings. The summed E-state index contributed by atoms with van der Waals surface area (Å²) >= 11 is 0. The predicted octanol–water partition coefficient (Wildman–Crippen LogP) is 1.70. The van der Waals surface area contributed by atoms with Crippen LogP contribution >= 0.6 is 0 Å². The quantitative estimate of drug-likeness (QED) is 0.536. The van der Waals surface area contributed by atoms with Crippen LogP contribution in [0, 0.1) is 0 Å². The summed E-state index contributed by atoms with van der Waals surface area (Å²) in [5.41, 5.74) is 0. The first-order valence-corrected chi connectivity index (χ1v) is 4.27. The van der Waals surface area contributed by atoms with Crippen LogP contribution in [0.3, 0.4) is 0 Å². The molecule has 1 aromatic rings. The van der Waals surface area contributed by atoms with Crippen molar-refractivity contribution < 1.29 is 9.15 Å². The Morgan fingerprint density at radius 2 is 2.31 bits per heavy atom. The zero-order valence-corrected chi connectivity index (χ0v) is 7.88. The molecule has 0 aromatic carbocycles. The summed E-state index contributed by atoms with van der Waals surface area (Å²) in [4.78, 5) is 0. The summed E-state index contributed by atoms with van der Waals surface area (Å²) in [6.45, 7) is 5.38. The second-order valence-electron chi connectivity index (χ2n) is 2.70. The molecule has 72 valence electrons. The molecule has 0 aliphatic rings. The monoisotopic (exact) mass is 181 g/mol. The number of ether oxygens (including phenoxy) is 1. The Morgan fingerprint density at radius 3 is 3.00 bits per heavy atom. The smallest absolute Gasteiger partial charge is 0.129 e. The highest BCUT2D eigenvalue weighted by Crippen LogP contribution is 2.08. The largest absolute Gasteiger partial charge is 0.462 e. The van der Waals surface area contributed by atoms with E-state index in [2.05, 4.69) is 11.9 Å². The fourth-order valence-corrected chi connectivity index (χ4v) is 1.01. The summed E-state index contributed by atoms with van der Waals surface area (Å²) in [5, 5.41) is 3.01. The van der Waals surface area contributed by atoms with Crippen molar-refractivity contribution in [3.05, 3.63) is 36.3 Å². The number of furan rings is 1. The minimum Gasteiger partial charge on any atom is -0.462 e. The van der Waals surface area contributed by atoms with Gasteiger partial charge in [-0.1, -0.05) is 6.08 Å². The van der Waals surface area contributed by atoms with Crippen molar-refractivity contribution in [2.45, 2.75) is 13.2 Å². The Labute approximate surface area is 78.4 Å². The number of hydrogen-bond acceptors (Lipinski definition) is 3. The van der Waals surface area contributed by atoms with Gasteiger partial charge in [-0.3, -0.25) is 0 Å². The van der Waals surface area contributed by atoms with E-state index in [-0.39, 0.29) is 0 Å². The van der Waals surface area contributed by atoms with E-state index in [1.807, 2.05) is 19.2 Å². The first-order chi connectivity index (χ1) is 6.36. The molecule has 3 heteroatoms. The Kier molecular flexibility index (Phi) is 4.29. The summed E-state index contributed by atoms with van der Waals surface area (Å²) in [6, 6.07) is 3.87. The molecule has 0 saturated heterocycles. The van der Waals surface area contributed by atoms with Gasteiger partial charge in [-0.05, 0) is 19.2 Å². The van der Waals surface area contributed by atoms with Crippen molar-refractivity contribution in [2.24, 2.45) is 0 Å². The van der Waals surface area contributed by atoms with Crippen LogP contribution in [0.15, 0.2) is 29.2 Å². The van der Waals surface area contributed by atoms with Crippen LogP contribution in [0.4, 0.5) is 0 Å². The Balaban J connectivity index is 2.35. The summed E-state index contributed by atoms with van der Waals surface area (Å²) in [5.74, 6) is 1.78. The molecule has 3 nitrogen and oxygen atoms in total. The number of nitrogens with one attached hydrogen (secondary N) is 1.